The van der Waals surface area contributed by atoms with Crippen LogP contribution in [0, 0.1) is 11.8 Å². The fraction of sp³-hybridized carbons (Fsp3) is 0.762. The van der Waals surface area contributed by atoms with E-state index in [0.717, 1.165) is 30.0 Å². The highest BCUT2D eigenvalue weighted by atomic mass is 32.2. The number of aliphatic hydroxyl groups is 1. The smallest absolute Gasteiger partial charge is 0.303 e. The van der Waals surface area contributed by atoms with Gasteiger partial charge in [-0.1, -0.05) is 31.9 Å². The molecule has 2 heterocycles. The molecule has 1 aliphatic carbocycles. The van der Waals surface area contributed by atoms with Crippen LogP contribution in [-0.2, 0) is 24.6 Å². The summed E-state index contributed by atoms with van der Waals surface area (Å²) < 4.78 is 27.3. The molecule has 3 aliphatic rings. The zero-order valence-corrected chi connectivity index (χ0v) is 19.7. The second kappa shape index (κ2) is 9.48. The molecule has 0 spiro atoms. The Morgan fingerprint density at radius 2 is 2.00 bits per heavy atom. The quantitative estimate of drug-likeness (QED) is 0.493. The molecule has 180 valence electrons. The maximum absolute atomic E-state index is 13.2. The minimum atomic E-state index is -4.03. The number of nitrogens with zero attached hydrogens (tertiary/aromatic N) is 2. The topological polar surface area (TPSA) is 136 Å². The molecule has 11 heteroatoms. The predicted octanol–water partition coefficient (Wildman–Crippen LogP) is -0.0979. The molecule has 0 aromatic carbocycles. The third-order valence-corrected chi connectivity index (χ3v) is 8.04. The molecule has 0 unspecified atom stereocenters. The normalized spacial score (nSPS) is 35.2. The number of carbonyl (C=O) groups excluding carboxylic acids is 3. The summed E-state index contributed by atoms with van der Waals surface area (Å²) in [5, 5.41) is 12.9. The minimum absolute atomic E-state index is 0.0683. The van der Waals surface area contributed by atoms with Gasteiger partial charge in [-0.3, -0.25) is 14.4 Å². The first-order valence-corrected chi connectivity index (χ1v) is 12.6. The van der Waals surface area contributed by atoms with Gasteiger partial charge in [0.15, 0.2) is 0 Å². The number of carbonyl (C=O) groups is 3. The molecule has 2 aliphatic heterocycles. The highest BCUT2D eigenvalue weighted by molar-refractivity contribution is 7.87. The second-order valence-electron chi connectivity index (χ2n) is 9.35. The molecule has 1 saturated carbocycles. The molecule has 10 nitrogen and oxygen atoms in total. The lowest BCUT2D eigenvalue weighted by atomic mass is 10.0. The zero-order chi connectivity index (χ0) is 23.7. The van der Waals surface area contributed by atoms with Crippen LogP contribution in [0.5, 0.6) is 0 Å². The highest BCUT2D eigenvalue weighted by Gasteiger charge is 2.61. The Morgan fingerprint density at radius 3 is 2.69 bits per heavy atom. The molecular weight excluding hydrogens is 436 g/mol. The largest absolute Gasteiger partial charge is 0.391 e. The van der Waals surface area contributed by atoms with Gasteiger partial charge in [-0.25, -0.2) is 4.72 Å². The average Bonchev–Trinajstić information content (AvgIpc) is 3.26. The molecule has 3 amide bonds. The van der Waals surface area contributed by atoms with E-state index in [-0.39, 0.29) is 37.1 Å². The summed E-state index contributed by atoms with van der Waals surface area (Å²) in [6.07, 6.45) is 7.66. The number of hydrogen-bond acceptors (Lipinski definition) is 6. The van der Waals surface area contributed by atoms with Crippen LogP contribution in [0.25, 0.3) is 0 Å². The van der Waals surface area contributed by atoms with Crippen molar-refractivity contribution in [2.75, 3.05) is 20.6 Å². The van der Waals surface area contributed by atoms with Crippen molar-refractivity contribution in [2.45, 2.75) is 69.6 Å². The molecule has 0 aromatic heterocycles. The highest BCUT2D eigenvalue weighted by Crippen LogP contribution is 2.45. The van der Waals surface area contributed by atoms with E-state index in [9.17, 15) is 27.9 Å². The summed E-state index contributed by atoms with van der Waals surface area (Å²) in [7, 11) is -1.42. The fourth-order valence-electron chi connectivity index (χ4n) is 4.45. The van der Waals surface area contributed by atoms with Crippen molar-refractivity contribution in [3.8, 4) is 0 Å². The molecule has 0 bridgehead atoms. The summed E-state index contributed by atoms with van der Waals surface area (Å²) in [4.78, 5) is 40.6. The van der Waals surface area contributed by atoms with Gasteiger partial charge in [0, 0.05) is 38.9 Å². The molecular formula is C21H34N4O6S. The molecule has 0 radical (unpaired) electrons. The van der Waals surface area contributed by atoms with E-state index < -0.39 is 39.7 Å². The van der Waals surface area contributed by atoms with Crippen LogP contribution in [0.3, 0.4) is 0 Å². The summed E-state index contributed by atoms with van der Waals surface area (Å²) in [5.74, 6) is -2.15. The van der Waals surface area contributed by atoms with E-state index in [1.54, 1.807) is 0 Å². The van der Waals surface area contributed by atoms with Gasteiger partial charge in [0.25, 0.3) is 5.91 Å². The number of fused-ring (bicyclic) bond motifs is 2. The van der Waals surface area contributed by atoms with Crippen LogP contribution in [-0.4, -0.2) is 78.8 Å². The molecule has 1 saturated heterocycles. The van der Waals surface area contributed by atoms with Crippen LogP contribution in [0.1, 0.15) is 51.9 Å². The van der Waals surface area contributed by atoms with Gasteiger partial charge in [-0.05, 0) is 25.7 Å². The Bertz CT molecular complexity index is 889. The van der Waals surface area contributed by atoms with Crippen molar-refractivity contribution in [2.24, 2.45) is 11.8 Å². The van der Waals surface area contributed by atoms with Crippen molar-refractivity contribution >= 4 is 27.9 Å². The van der Waals surface area contributed by atoms with Gasteiger partial charge in [0.1, 0.15) is 11.6 Å². The Hall–Kier alpha value is -1.98. The Balaban J connectivity index is 1.88. The lowest BCUT2D eigenvalue weighted by Crippen LogP contribution is -2.57. The van der Waals surface area contributed by atoms with E-state index in [1.165, 1.54) is 19.0 Å². The van der Waals surface area contributed by atoms with E-state index in [1.807, 2.05) is 23.8 Å². The Labute approximate surface area is 189 Å². The van der Waals surface area contributed by atoms with Gasteiger partial charge in [0.05, 0.1) is 6.10 Å². The minimum Gasteiger partial charge on any atom is -0.391 e. The monoisotopic (exact) mass is 470 g/mol. The van der Waals surface area contributed by atoms with Gasteiger partial charge in [-0.15, -0.1) is 0 Å². The number of nitrogens with one attached hydrogen (secondary N) is 2. The van der Waals surface area contributed by atoms with Crippen LogP contribution in [0.15, 0.2) is 12.2 Å². The van der Waals surface area contributed by atoms with E-state index >= 15 is 0 Å². The number of hydrogen-bond donors (Lipinski definition) is 3. The maximum Gasteiger partial charge on any atom is 0.303 e. The average molecular weight is 471 g/mol. The predicted molar refractivity (Wildman–Crippen MR) is 117 cm³/mol. The van der Waals surface area contributed by atoms with Crippen molar-refractivity contribution in [1.82, 2.24) is 19.2 Å². The number of rotatable bonds is 3. The first kappa shape index (κ1) is 24.7. The number of allylic oxidation sites excluding steroid dienone is 1. The van der Waals surface area contributed by atoms with E-state index in [4.69, 9.17) is 0 Å². The number of amides is 3. The molecule has 5 atom stereocenters. The fourth-order valence-corrected chi connectivity index (χ4v) is 5.05. The first-order valence-electron chi connectivity index (χ1n) is 11.2. The zero-order valence-electron chi connectivity index (χ0n) is 18.9. The third kappa shape index (κ3) is 5.15. The summed E-state index contributed by atoms with van der Waals surface area (Å²) in [6.45, 7) is 1.90. The molecule has 2 fully saturated rings. The van der Waals surface area contributed by atoms with Crippen molar-refractivity contribution in [3.05, 3.63) is 12.2 Å². The first-order chi connectivity index (χ1) is 15.0. The molecule has 3 rings (SSSR count). The van der Waals surface area contributed by atoms with Gasteiger partial charge < -0.3 is 15.3 Å². The standard InChI is InChI=1S/C21H34N4O6S/c1-14-9-7-5-4-6-8-10-15-12-21(15,20(29)23-32(30,31)24(2)3)22-18(27)17-11-16(26)13-25(17)19(14)28/h8,10,14-17,26H,4-7,9,11-13H2,1-3H3,(H,22,27)(H,23,29)/b10-8-/t14-,15-,16+,17-,21+/m0/s1. The van der Waals surface area contributed by atoms with Gasteiger partial charge in [-0.2, -0.15) is 12.7 Å². The van der Waals surface area contributed by atoms with Crippen molar-refractivity contribution in [1.29, 1.82) is 0 Å². The van der Waals surface area contributed by atoms with Gasteiger partial charge >= 0.3 is 10.2 Å². The maximum atomic E-state index is 13.2. The van der Waals surface area contributed by atoms with Gasteiger partial charge in [0.2, 0.25) is 11.8 Å². The van der Waals surface area contributed by atoms with E-state index in [2.05, 4.69) is 5.32 Å². The summed E-state index contributed by atoms with van der Waals surface area (Å²) >= 11 is 0. The van der Waals surface area contributed by atoms with Crippen LogP contribution < -0.4 is 10.0 Å². The van der Waals surface area contributed by atoms with Crippen molar-refractivity contribution in [3.63, 3.8) is 0 Å². The van der Waals surface area contributed by atoms with E-state index in [0.29, 0.717) is 6.42 Å². The second-order valence-corrected chi connectivity index (χ2v) is 11.2. The van der Waals surface area contributed by atoms with Crippen LogP contribution >= 0.6 is 0 Å². The molecule has 32 heavy (non-hydrogen) atoms. The Kier molecular flexibility index (Phi) is 7.31. The lowest BCUT2D eigenvalue weighted by Gasteiger charge is -2.28. The van der Waals surface area contributed by atoms with Crippen LogP contribution in [0.4, 0.5) is 0 Å². The lowest BCUT2D eigenvalue weighted by molar-refractivity contribution is -0.142. The Morgan fingerprint density at radius 1 is 1.28 bits per heavy atom. The molecule has 0 aromatic rings. The summed E-state index contributed by atoms with van der Waals surface area (Å²) in [6, 6.07) is -0.898. The SMILES string of the molecule is C[C@H]1CCCCC/C=C\[C@H]2C[C@@]2(C(=O)NS(=O)(=O)N(C)C)NC(=O)[C@@H]2C[C@@H](O)CN2C1=O. The van der Waals surface area contributed by atoms with Crippen molar-refractivity contribution < 1.29 is 27.9 Å². The van der Waals surface area contributed by atoms with Crippen LogP contribution in [0.2, 0.25) is 0 Å². The summed E-state index contributed by atoms with van der Waals surface area (Å²) in [5.41, 5.74) is -1.40. The number of aliphatic hydroxyl groups excluding tert-OH is 1. The third-order valence-electron chi connectivity index (χ3n) is 6.63. The molecule has 3 N–H and O–H groups in total.